The molecule has 0 radical (unpaired) electrons. The fraction of sp³-hybridized carbons (Fsp3) is 0.455. The number of carbonyl (C=O) groups is 3. The van der Waals surface area contributed by atoms with Crippen molar-refractivity contribution in [1.82, 2.24) is 4.90 Å². The van der Waals surface area contributed by atoms with E-state index in [0.717, 1.165) is 29.9 Å². The molecule has 1 saturated heterocycles. The Morgan fingerprint density at radius 2 is 2.03 bits per heavy atom. The number of allylic oxidation sites excluding steroid dienone is 1. The molecule has 2 rings (SSSR count). The van der Waals surface area contributed by atoms with Crippen LogP contribution in [0.3, 0.4) is 0 Å². The lowest BCUT2D eigenvalue weighted by Gasteiger charge is -2.34. The SMILES string of the molecule is N#Cc1ccc(CC(=O)C=C[C@H]2CCCC(=O)N2CCSCCCC(=O)O)cc1. The molecule has 1 aliphatic heterocycles. The maximum atomic E-state index is 12.3. The molecule has 1 N–H and O–H groups in total. The monoisotopic (exact) mass is 414 g/mol. The summed E-state index contributed by atoms with van der Waals surface area (Å²) in [5.74, 6) is 0.812. The van der Waals surface area contributed by atoms with Crippen LogP contribution in [0.1, 0.15) is 43.2 Å². The highest BCUT2D eigenvalue weighted by Crippen LogP contribution is 2.20. The van der Waals surface area contributed by atoms with Gasteiger partial charge in [-0.1, -0.05) is 18.2 Å². The summed E-state index contributed by atoms with van der Waals surface area (Å²) in [4.78, 5) is 36.9. The number of hydrogen-bond acceptors (Lipinski definition) is 5. The van der Waals surface area contributed by atoms with Crippen LogP contribution in [0.25, 0.3) is 0 Å². The van der Waals surface area contributed by atoms with Crippen molar-refractivity contribution in [2.45, 2.75) is 44.6 Å². The smallest absolute Gasteiger partial charge is 0.303 e. The summed E-state index contributed by atoms with van der Waals surface area (Å²) >= 11 is 1.65. The molecule has 0 unspecified atom stereocenters. The van der Waals surface area contributed by atoms with Crippen LogP contribution in [0.2, 0.25) is 0 Å². The summed E-state index contributed by atoms with van der Waals surface area (Å²) in [5.41, 5.74) is 1.42. The molecule has 1 fully saturated rings. The lowest BCUT2D eigenvalue weighted by atomic mass is 10.00. The van der Waals surface area contributed by atoms with Gasteiger partial charge in [-0.2, -0.15) is 17.0 Å². The Morgan fingerprint density at radius 1 is 1.28 bits per heavy atom. The number of thioether (sulfide) groups is 1. The van der Waals surface area contributed by atoms with Gasteiger partial charge in [0.1, 0.15) is 0 Å². The first-order valence-electron chi connectivity index (χ1n) is 9.78. The number of piperidine rings is 1. The molecule has 1 amide bonds. The van der Waals surface area contributed by atoms with Gasteiger partial charge in [-0.3, -0.25) is 14.4 Å². The molecule has 154 valence electrons. The van der Waals surface area contributed by atoms with E-state index in [1.54, 1.807) is 42.1 Å². The largest absolute Gasteiger partial charge is 0.481 e. The van der Waals surface area contributed by atoms with Crippen molar-refractivity contribution in [3.05, 3.63) is 47.5 Å². The molecule has 1 atom stereocenters. The van der Waals surface area contributed by atoms with E-state index in [1.165, 1.54) is 0 Å². The van der Waals surface area contributed by atoms with E-state index >= 15 is 0 Å². The van der Waals surface area contributed by atoms with Gasteiger partial charge in [0.2, 0.25) is 5.91 Å². The lowest BCUT2D eigenvalue weighted by Crippen LogP contribution is -2.43. The van der Waals surface area contributed by atoms with Gasteiger partial charge < -0.3 is 10.0 Å². The van der Waals surface area contributed by atoms with Gasteiger partial charge in [-0.05, 0) is 48.8 Å². The average Bonchev–Trinajstić information content (AvgIpc) is 2.70. The third kappa shape index (κ3) is 8.12. The molecule has 0 aliphatic carbocycles. The number of amides is 1. The fourth-order valence-electron chi connectivity index (χ4n) is 3.20. The highest BCUT2D eigenvalue weighted by molar-refractivity contribution is 7.99. The third-order valence-electron chi connectivity index (χ3n) is 4.73. The minimum absolute atomic E-state index is 0.0317. The molecule has 1 heterocycles. The van der Waals surface area contributed by atoms with Crippen molar-refractivity contribution in [2.24, 2.45) is 0 Å². The maximum Gasteiger partial charge on any atom is 0.303 e. The summed E-state index contributed by atoms with van der Waals surface area (Å²) in [5, 5.41) is 17.5. The minimum Gasteiger partial charge on any atom is -0.481 e. The van der Waals surface area contributed by atoms with Gasteiger partial charge in [0.25, 0.3) is 0 Å². The van der Waals surface area contributed by atoms with Crippen LogP contribution >= 0.6 is 11.8 Å². The number of carboxylic acids is 1. The van der Waals surface area contributed by atoms with Crippen LogP contribution < -0.4 is 0 Å². The second-order valence-electron chi connectivity index (χ2n) is 6.97. The number of nitriles is 1. The zero-order valence-corrected chi connectivity index (χ0v) is 17.2. The van der Waals surface area contributed by atoms with E-state index in [2.05, 4.69) is 6.07 Å². The van der Waals surface area contributed by atoms with Crippen LogP contribution in [-0.4, -0.2) is 51.8 Å². The van der Waals surface area contributed by atoms with Crippen LogP contribution in [-0.2, 0) is 20.8 Å². The highest BCUT2D eigenvalue weighted by Gasteiger charge is 2.25. The number of aliphatic carboxylic acids is 1. The molecule has 0 saturated carbocycles. The van der Waals surface area contributed by atoms with Gasteiger partial charge in [-0.15, -0.1) is 0 Å². The Bertz CT molecular complexity index is 783. The van der Waals surface area contributed by atoms with Crippen LogP contribution in [0.4, 0.5) is 0 Å². The zero-order chi connectivity index (χ0) is 21.1. The average molecular weight is 415 g/mol. The Labute approximate surface area is 175 Å². The molecule has 1 aromatic rings. The molecular formula is C22H26N2O4S. The first kappa shape index (κ1) is 22.7. The summed E-state index contributed by atoms with van der Waals surface area (Å²) in [6.45, 7) is 0.607. The van der Waals surface area contributed by atoms with Crippen molar-refractivity contribution in [2.75, 3.05) is 18.1 Å². The van der Waals surface area contributed by atoms with Crippen molar-refractivity contribution in [3.8, 4) is 6.07 Å². The molecule has 6 nitrogen and oxygen atoms in total. The van der Waals surface area contributed by atoms with Crippen molar-refractivity contribution in [3.63, 3.8) is 0 Å². The normalized spacial score (nSPS) is 16.7. The Hall–Kier alpha value is -2.59. The van der Waals surface area contributed by atoms with Gasteiger partial charge in [0.15, 0.2) is 5.78 Å². The fourth-order valence-corrected chi connectivity index (χ4v) is 4.08. The Morgan fingerprint density at radius 3 is 2.72 bits per heavy atom. The molecule has 0 bridgehead atoms. The van der Waals surface area contributed by atoms with Gasteiger partial charge in [0.05, 0.1) is 17.7 Å². The summed E-state index contributed by atoms with van der Waals surface area (Å²) in [6.07, 6.45) is 6.65. The van der Waals surface area contributed by atoms with Gasteiger partial charge in [0, 0.05) is 31.6 Å². The third-order valence-corrected chi connectivity index (χ3v) is 5.78. The predicted molar refractivity (Wildman–Crippen MR) is 113 cm³/mol. The van der Waals surface area contributed by atoms with Crippen molar-refractivity contribution < 1.29 is 19.5 Å². The number of ketones is 1. The second-order valence-corrected chi connectivity index (χ2v) is 8.19. The Kier molecular flexibility index (Phi) is 9.45. The van der Waals surface area contributed by atoms with E-state index in [9.17, 15) is 14.4 Å². The first-order chi connectivity index (χ1) is 14.0. The summed E-state index contributed by atoms with van der Waals surface area (Å²) in [7, 11) is 0. The number of likely N-dealkylation sites (tertiary alicyclic amines) is 1. The topological polar surface area (TPSA) is 98.5 Å². The Balaban J connectivity index is 1.83. The maximum absolute atomic E-state index is 12.3. The van der Waals surface area contributed by atoms with Crippen LogP contribution in [0, 0.1) is 11.3 Å². The van der Waals surface area contributed by atoms with E-state index in [-0.39, 0.29) is 30.6 Å². The quantitative estimate of drug-likeness (QED) is 0.441. The second kappa shape index (κ2) is 12.1. The highest BCUT2D eigenvalue weighted by atomic mass is 32.2. The van der Waals surface area contributed by atoms with E-state index in [4.69, 9.17) is 10.4 Å². The molecule has 7 heteroatoms. The number of carbonyl (C=O) groups excluding carboxylic acids is 2. The molecule has 1 aromatic carbocycles. The zero-order valence-electron chi connectivity index (χ0n) is 16.4. The number of hydrogen-bond donors (Lipinski definition) is 1. The number of benzene rings is 1. The van der Waals surface area contributed by atoms with Gasteiger partial charge in [-0.25, -0.2) is 0 Å². The minimum atomic E-state index is -0.785. The van der Waals surface area contributed by atoms with Crippen LogP contribution in [0.5, 0.6) is 0 Å². The van der Waals surface area contributed by atoms with E-state index in [0.29, 0.717) is 24.9 Å². The lowest BCUT2D eigenvalue weighted by molar-refractivity contribution is -0.137. The van der Waals surface area contributed by atoms with Crippen molar-refractivity contribution in [1.29, 1.82) is 5.26 Å². The first-order valence-corrected chi connectivity index (χ1v) is 10.9. The predicted octanol–water partition coefficient (Wildman–Crippen LogP) is 3.21. The number of carboxylic acid groups (broad SMARTS) is 1. The van der Waals surface area contributed by atoms with Gasteiger partial charge >= 0.3 is 5.97 Å². The van der Waals surface area contributed by atoms with Crippen molar-refractivity contribution >= 4 is 29.4 Å². The molecule has 0 spiro atoms. The van der Waals surface area contributed by atoms with E-state index < -0.39 is 5.97 Å². The molecule has 29 heavy (non-hydrogen) atoms. The standard InChI is InChI=1S/C22H26N2O4S/c23-16-18-8-6-17(7-9-18)15-20(25)11-10-19-3-1-4-21(26)24(19)12-14-29-13-2-5-22(27)28/h6-11,19H,1-5,12-15H2,(H,27,28)/t19-/m1/s1. The number of rotatable bonds is 11. The molecule has 1 aliphatic rings. The van der Waals surface area contributed by atoms with Crippen LogP contribution in [0.15, 0.2) is 36.4 Å². The summed E-state index contributed by atoms with van der Waals surface area (Å²) < 4.78 is 0. The summed E-state index contributed by atoms with van der Waals surface area (Å²) in [6, 6.07) is 8.94. The molecule has 0 aromatic heterocycles. The van der Waals surface area contributed by atoms with E-state index in [1.807, 2.05) is 11.0 Å². The molecular weight excluding hydrogens is 388 g/mol. The number of nitrogens with zero attached hydrogens (tertiary/aromatic N) is 2.